The normalized spacial score (nSPS) is 18.2. The van der Waals surface area contributed by atoms with Crippen molar-refractivity contribution in [2.24, 2.45) is 0 Å². The van der Waals surface area contributed by atoms with Crippen LogP contribution in [0, 0.1) is 17.1 Å². The molecule has 1 heterocycles. The van der Waals surface area contributed by atoms with Crippen LogP contribution in [0.2, 0.25) is 0 Å². The molecule has 1 fully saturated rings. The molecule has 4 nitrogen and oxygen atoms in total. The molecule has 1 aromatic carbocycles. The molecule has 1 N–H and O–H groups in total. The van der Waals surface area contributed by atoms with Gasteiger partial charge in [-0.05, 0) is 32.0 Å². The van der Waals surface area contributed by atoms with Crippen LogP contribution in [0.25, 0.3) is 0 Å². The molecular formula is C14H16FN3O. The number of piperazine rings is 1. The van der Waals surface area contributed by atoms with Crippen molar-refractivity contribution in [1.82, 2.24) is 10.2 Å². The van der Waals surface area contributed by atoms with Gasteiger partial charge in [0.25, 0.3) is 0 Å². The number of nitrogens with one attached hydrogen (secondary N) is 1. The topological polar surface area (TPSA) is 56.1 Å². The molecule has 0 atom stereocenters. The van der Waals surface area contributed by atoms with Crippen molar-refractivity contribution in [3.63, 3.8) is 0 Å². The highest BCUT2D eigenvalue weighted by atomic mass is 19.1. The molecule has 0 aromatic heterocycles. The van der Waals surface area contributed by atoms with Gasteiger partial charge >= 0.3 is 0 Å². The minimum atomic E-state index is -0.623. The van der Waals surface area contributed by atoms with Crippen LogP contribution in [0.3, 0.4) is 0 Å². The second kappa shape index (κ2) is 4.98. The number of amides is 1. The molecule has 1 amide bonds. The Bertz CT molecular complexity index is 548. The van der Waals surface area contributed by atoms with E-state index in [0.29, 0.717) is 24.2 Å². The van der Waals surface area contributed by atoms with Crippen LogP contribution < -0.4 is 5.32 Å². The first-order valence-electron chi connectivity index (χ1n) is 6.17. The lowest BCUT2D eigenvalue weighted by molar-refractivity contribution is -0.140. The first kappa shape index (κ1) is 13.5. The molecule has 0 unspecified atom stereocenters. The summed E-state index contributed by atoms with van der Waals surface area (Å²) in [4.78, 5) is 13.8. The smallest absolute Gasteiger partial charge is 0.242 e. The summed E-state index contributed by atoms with van der Waals surface area (Å²) in [5.41, 5.74) is 0.157. The molecule has 1 aliphatic heterocycles. The fourth-order valence-corrected chi connectivity index (χ4v) is 2.20. The zero-order chi connectivity index (χ0) is 14.0. The van der Waals surface area contributed by atoms with Crippen LogP contribution in [0.1, 0.15) is 25.0 Å². The predicted octanol–water partition coefficient (Wildman–Crippen LogP) is 1.41. The van der Waals surface area contributed by atoms with E-state index < -0.39 is 5.54 Å². The van der Waals surface area contributed by atoms with Gasteiger partial charge in [0.15, 0.2) is 0 Å². The van der Waals surface area contributed by atoms with Crippen molar-refractivity contribution in [2.45, 2.75) is 25.9 Å². The van der Waals surface area contributed by atoms with Gasteiger partial charge in [-0.25, -0.2) is 4.39 Å². The number of hydrogen-bond donors (Lipinski definition) is 1. The van der Waals surface area contributed by atoms with Gasteiger partial charge < -0.3 is 10.2 Å². The zero-order valence-corrected chi connectivity index (χ0v) is 11.0. The molecule has 1 aromatic rings. The molecule has 0 aliphatic carbocycles. The second-order valence-electron chi connectivity index (χ2n) is 5.20. The molecule has 0 saturated carbocycles. The summed E-state index contributed by atoms with van der Waals surface area (Å²) in [6.07, 6.45) is 0. The van der Waals surface area contributed by atoms with Gasteiger partial charge in [0, 0.05) is 25.2 Å². The molecule has 5 heteroatoms. The fraction of sp³-hybridized carbons (Fsp3) is 0.429. The van der Waals surface area contributed by atoms with Crippen LogP contribution in [-0.2, 0) is 11.3 Å². The van der Waals surface area contributed by atoms with Crippen molar-refractivity contribution in [2.75, 3.05) is 13.1 Å². The van der Waals surface area contributed by atoms with E-state index in [1.54, 1.807) is 4.90 Å². The molecule has 19 heavy (non-hydrogen) atoms. The lowest BCUT2D eigenvalue weighted by Crippen LogP contribution is -2.60. The second-order valence-corrected chi connectivity index (χ2v) is 5.20. The average molecular weight is 261 g/mol. The third-order valence-electron chi connectivity index (χ3n) is 3.31. The van der Waals surface area contributed by atoms with E-state index in [4.69, 9.17) is 5.26 Å². The van der Waals surface area contributed by atoms with Crippen molar-refractivity contribution < 1.29 is 9.18 Å². The van der Waals surface area contributed by atoms with E-state index in [0.717, 1.165) is 0 Å². The van der Waals surface area contributed by atoms with E-state index in [9.17, 15) is 9.18 Å². The van der Waals surface area contributed by atoms with Gasteiger partial charge in [0.1, 0.15) is 5.82 Å². The van der Waals surface area contributed by atoms with Crippen LogP contribution in [0.5, 0.6) is 0 Å². The molecule has 0 spiro atoms. The Labute approximate surface area is 111 Å². The maximum atomic E-state index is 13.7. The summed E-state index contributed by atoms with van der Waals surface area (Å²) in [5, 5.41) is 12.0. The first-order valence-corrected chi connectivity index (χ1v) is 6.17. The Morgan fingerprint density at radius 2 is 2.26 bits per heavy atom. The van der Waals surface area contributed by atoms with Crippen molar-refractivity contribution in [1.29, 1.82) is 5.26 Å². The summed E-state index contributed by atoms with van der Waals surface area (Å²) in [6, 6.07) is 6.18. The largest absolute Gasteiger partial charge is 0.335 e. The molecular weight excluding hydrogens is 245 g/mol. The van der Waals surface area contributed by atoms with Crippen molar-refractivity contribution in [3.8, 4) is 6.07 Å². The number of carbonyl (C=O) groups excluding carboxylic acids is 1. The maximum absolute atomic E-state index is 13.7. The van der Waals surface area contributed by atoms with Crippen molar-refractivity contribution >= 4 is 5.91 Å². The van der Waals surface area contributed by atoms with Gasteiger partial charge in [-0.2, -0.15) is 5.26 Å². The number of halogens is 1. The van der Waals surface area contributed by atoms with Crippen LogP contribution in [0.15, 0.2) is 18.2 Å². The van der Waals surface area contributed by atoms with Crippen LogP contribution >= 0.6 is 0 Å². The highest BCUT2D eigenvalue weighted by Gasteiger charge is 2.35. The Morgan fingerprint density at radius 3 is 2.95 bits per heavy atom. The molecule has 100 valence electrons. The van der Waals surface area contributed by atoms with E-state index in [-0.39, 0.29) is 18.3 Å². The van der Waals surface area contributed by atoms with E-state index in [2.05, 4.69) is 5.32 Å². The third-order valence-corrected chi connectivity index (χ3v) is 3.31. The van der Waals surface area contributed by atoms with Gasteiger partial charge in [0.2, 0.25) is 5.91 Å². The molecule has 1 saturated heterocycles. The van der Waals surface area contributed by atoms with Gasteiger partial charge in [-0.15, -0.1) is 0 Å². The van der Waals surface area contributed by atoms with E-state index in [1.807, 2.05) is 19.9 Å². The third kappa shape index (κ3) is 2.74. The minimum absolute atomic E-state index is 0.0551. The summed E-state index contributed by atoms with van der Waals surface area (Å²) in [6.45, 7) is 5.04. The Balaban J connectivity index is 2.22. The number of hydrogen-bond acceptors (Lipinski definition) is 3. The summed E-state index contributed by atoms with van der Waals surface area (Å²) in [7, 11) is 0. The maximum Gasteiger partial charge on any atom is 0.242 e. The summed E-state index contributed by atoms with van der Waals surface area (Å²) < 4.78 is 13.7. The van der Waals surface area contributed by atoms with Gasteiger partial charge in [0.05, 0.1) is 17.2 Å². The highest BCUT2D eigenvalue weighted by Crippen LogP contribution is 2.18. The lowest BCUT2D eigenvalue weighted by atomic mass is 10.00. The molecule has 2 rings (SSSR count). The van der Waals surface area contributed by atoms with Gasteiger partial charge in [-0.3, -0.25) is 4.79 Å². The number of carbonyl (C=O) groups is 1. The molecule has 0 bridgehead atoms. The Hall–Kier alpha value is -1.93. The summed E-state index contributed by atoms with van der Waals surface area (Å²) >= 11 is 0. The standard InChI is InChI=1S/C14H16FN3O/c1-14(2)13(19)18(6-5-17-14)9-11-7-10(8-16)3-4-12(11)15/h3-4,7,17H,5-6,9H2,1-2H3. The number of rotatable bonds is 2. The number of nitriles is 1. The number of nitrogens with zero attached hydrogens (tertiary/aromatic N) is 2. The SMILES string of the molecule is CC1(C)NCCN(Cc2cc(C#N)ccc2F)C1=O. The van der Waals surface area contributed by atoms with Crippen LogP contribution in [0.4, 0.5) is 4.39 Å². The molecule has 1 aliphatic rings. The predicted molar refractivity (Wildman–Crippen MR) is 68.6 cm³/mol. The van der Waals surface area contributed by atoms with Crippen LogP contribution in [-0.4, -0.2) is 29.4 Å². The average Bonchev–Trinajstić information content (AvgIpc) is 2.37. The summed E-state index contributed by atoms with van der Waals surface area (Å²) in [5.74, 6) is -0.441. The monoisotopic (exact) mass is 261 g/mol. The molecule has 0 radical (unpaired) electrons. The van der Waals surface area contributed by atoms with E-state index in [1.165, 1.54) is 18.2 Å². The van der Waals surface area contributed by atoms with Crippen molar-refractivity contribution in [3.05, 3.63) is 35.1 Å². The Morgan fingerprint density at radius 1 is 1.53 bits per heavy atom. The lowest BCUT2D eigenvalue weighted by Gasteiger charge is -2.38. The fourth-order valence-electron chi connectivity index (χ4n) is 2.20. The number of benzene rings is 1. The highest BCUT2D eigenvalue weighted by molar-refractivity contribution is 5.86. The first-order chi connectivity index (χ1) is 8.94. The van der Waals surface area contributed by atoms with Gasteiger partial charge in [-0.1, -0.05) is 0 Å². The quantitative estimate of drug-likeness (QED) is 0.875. The zero-order valence-electron chi connectivity index (χ0n) is 11.0. The van der Waals surface area contributed by atoms with E-state index >= 15 is 0 Å². The minimum Gasteiger partial charge on any atom is -0.335 e. The Kier molecular flexibility index (Phi) is 3.54.